The number of halogens is 1. The maximum atomic E-state index is 12.3. The van der Waals surface area contributed by atoms with Crippen molar-refractivity contribution >= 4 is 21.8 Å². The highest BCUT2D eigenvalue weighted by Gasteiger charge is 2.18. The lowest BCUT2D eigenvalue weighted by molar-refractivity contribution is 0.0597. The summed E-state index contributed by atoms with van der Waals surface area (Å²) >= 11 is 3.35. The van der Waals surface area contributed by atoms with Crippen LogP contribution >= 0.6 is 15.9 Å². The number of ether oxygens (including phenoxy) is 2. The molecule has 0 N–H and O–H groups in total. The molecule has 0 bridgehead atoms. The molecule has 0 saturated heterocycles. The lowest BCUT2D eigenvalue weighted by Gasteiger charge is -2.21. The van der Waals surface area contributed by atoms with Gasteiger partial charge < -0.3 is 14.4 Å². The molecule has 0 aromatic heterocycles. The third-order valence-electron chi connectivity index (χ3n) is 2.67. The molecule has 0 heterocycles. The largest absolute Gasteiger partial charge is 0.496 e. The van der Waals surface area contributed by atoms with E-state index in [0.29, 0.717) is 17.9 Å². The molecule has 0 aliphatic rings. The van der Waals surface area contributed by atoms with Crippen molar-refractivity contribution in [3.63, 3.8) is 0 Å². The van der Waals surface area contributed by atoms with Gasteiger partial charge in [-0.15, -0.1) is 0 Å². The fourth-order valence-corrected chi connectivity index (χ4v) is 1.93. The predicted molar refractivity (Wildman–Crippen MR) is 74.1 cm³/mol. The molecular weight excluding hydrogens is 298 g/mol. The second kappa shape index (κ2) is 6.75. The molecule has 18 heavy (non-hydrogen) atoms. The molecule has 0 radical (unpaired) electrons. The molecule has 0 fully saturated rings. The van der Waals surface area contributed by atoms with Gasteiger partial charge in [-0.2, -0.15) is 0 Å². The monoisotopic (exact) mass is 315 g/mol. The number of carbonyl (C=O) groups is 1. The Hall–Kier alpha value is -1.07. The summed E-state index contributed by atoms with van der Waals surface area (Å²) in [6, 6.07) is 5.35. The van der Waals surface area contributed by atoms with Gasteiger partial charge in [-0.05, 0) is 25.1 Å². The van der Waals surface area contributed by atoms with E-state index in [9.17, 15) is 4.79 Å². The fraction of sp³-hybridized carbons (Fsp3) is 0.462. The van der Waals surface area contributed by atoms with Crippen LogP contribution in [0, 0.1) is 0 Å². The maximum Gasteiger partial charge on any atom is 0.257 e. The zero-order valence-corrected chi connectivity index (χ0v) is 12.7. The molecule has 0 saturated carbocycles. The number of benzene rings is 1. The van der Waals surface area contributed by atoms with Gasteiger partial charge in [-0.1, -0.05) is 15.9 Å². The number of carbonyl (C=O) groups excluding carboxylic acids is 1. The second-order valence-electron chi connectivity index (χ2n) is 4.08. The first kappa shape index (κ1) is 15.0. The number of amides is 1. The fourth-order valence-electron chi connectivity index (χ4n) is 1.59. The van der Waals surface area contributed by atoms with Crippen molar-refractivity contribution < 1.29 is 14.3 Å². The minimum atomic E-state index is -0.0803. The lowest BCUT2D eigenvalue weighted by atomic mass is 10.1. The summed E-state index contributed by atoms with van der Waals surface area (Å²) in [6.07, 6.45) is 0.000364. The highest BCUT2D eigenvalue weighted by atomic mass is 79.9. The predicted octanol–water partition coefficient (Wildman–Crippen LogP) is 2.56. The molecule has 1 aromatic carbocycles. The SMILES string of the molecule is COc1cc(Br)ccc1C(=O)N(C)CC(C)OC. The van der Waals surface area contributed by atoms with Crippen LogP contribution in [0.5, 0.6) is 5.75 Å². The van der Waals surface area contributed by atoms with Crippen LogP contribution in [0.2, 0.25) is 0 Å². The molecule has 1 atom stereocenters. The standard InChI is InChI=1S/C13H18BrNO3/c1-9(17-3)8-15(2)13(16)11-6-5-10(14)7-12(11)18-4/h5-7,9H,8H2,1-4H3. The average molecular weight is 316 g/mol. The van der Waals surface area contributed by atoms with Gasteiger partial charge in [0.25, 0.3) is 5.91 Å². The number of hydrogen-bond acceptors (Lipinski definition) is 3. The van der Waals surface area contributed by atoms with Gasteiger partial charge in [-0.25, -0.2) is 0 Å². The van der Waals surface area contributed by atoms with Crippen molar-refractivity contribution in [1.29, 1.82) is 0 Å². The van der Waals surface area contributed by atoms with Crippen molar-refractivity contribution in [2.75, 3.05) is 27.8 Å². The molecule has 0 aliphatic heterocycles. The molecule has 1 unspecified atom stereocenters. The Morgan fingerprint density at radius 3 is 2.67 bits per heavy atom. The molecule has 0 spiro atoms. The van der Waals surface area contributed by atoms with Gasteiger partial charge in [0.1, 0.15) is 5.75 Å². The summed E-state index contributed by atoms with van der Waals surface area (Å²) < 4.78 is 11.2. The summed E-state index contributed by atoms with van der Waals surface area (Å²) in [7, 11) is 4.93. The van der Waals surface area contributed by atoms with E-state index in [4.69, 9.17) is 9.47 Å². The summed E-state index contributed by atoms with van der Waals surface area (Å²) in [5.41, 5.74) is 0.548. The van der Waals surface area contributed by atoms with Crippen molar-refractivity contribution in [3.8, 4) is 5.75 Å². The first-order valence-corrected chi connectivity index (χ1v) is 6.40. The summed E-state index contributed by atoms with van der Waals surface area (Å²) in [4.78, 5) is 13.9. The van der Waals surface area contributed by atoms with Gasteiger partial charge in [0, 0.05) is 25.2 Å². The van der Waals surface area contributed by atoms with Gasteiger partial charge in [0.2, 0.25) is 0 Å². The summed E-state index contributed by atoms with van der Waals surface area (Å²) in [5.74, 6) is 0.481. The van der Waals surface area contributed by atoms with Crippen molar-refractivity contribution in [3.05, 3.63) is 28.2 Å². The Balaban J connectivity index is 2.89. The maximum absolute atomic E-state index is 12.3. The van der Waals surface area contributed by atoms with Crippen molar-refractivity contribution in [2.24, 2.45) is 0 Å². The van der Waals surface area contributed by atoms with Gasteiger partial charge in [0.05, 0.1) is 18.8 Å². The van der Waals surface area contributed by atoms with Gasteiger partial charge in [0.15, 0.2) is 0 Å². The van der Waals surface area contributed by atoms with E-state index < -0.39 is 0 Å². The topological polar surface area (TPSA) is 38.8 Å². The Bertz CT molecular complexity index is 423. The van der Waals surface area contributed by atoms with Crippen LogP contribution < -0.4 is 4.74 Å². The molecular formula is C13H18BrNO3. The smallest absolute Gasteiger partial charge is 0.257 e. The molecule has 100 valence electrons. The number of methoxy groups -OCH3 is 2. The highest BCUT2D eigenvalue weighted by Crippen LogP contribution is 2.24. The first-order valence-electron chi connectivity index (χ1n) is 5.61. The van der Waals surface area contributed by atoms with E-state index in [1.807, 2.05) is 13.0 Å². The Morgan fingerprint density at radius 2 is 2.11 bits per heavy atom. The zero-order valence-electron chi connectivity index (χ0n) is 11.1. The van der Waals surface area contributed by atoms with E-state index >= 15 is 0 Å². The highest BCUT2D eigenvalue weighted by molar-refractivity contribution is 9.10. The number of hydrogen-bond donors (Lipinski definition) is 0. The Labute approximate surface area is 116 Å². The third kappa shape index (κ3) is 3.71. The molecule has 4 nitrogen and oxygen atoms in total. The van der Waals surface area contributed by atoms with Crippen LogP contribution in [0.25, 0.3) is 0 Å². The normalized spacial score (nSPS) is 12.1. The number of rotatable bonds is 5. The van der Waals surface area contributed by atoms with Crippen LogP contribution in [0.15, 0.2) is 22.7 Å². The molecule has 1 aromatic rings. The molecule has 0 aliphatic carbocycles. The number of likely N-dealkylation sites (N-methyl/N-ethyl adjacent to an activating group) is 1. The quantitative estimate of drug-likeness (QED) is 0.838. The van der Waals surface area contributed by atoms with E-state index in [2.05, 4.69) is 15.9 Å². The zero-order chi connectivity index (χ0) is 13.7. The van der Waals surface area contributed by atoms with Gasteiger partial charge in [-0.3, -0.25) is 4.79 Å². The van der Waals surface area contributed by atoms with Crippen LogP contribution in [-0.2, 0) is 4.74 Å². The van der Waals surface area contributed by atoms with Gasteiger partial charge >= 0.3 is 0 Å². The van der Waals surface area contributed by atoms with E-state index in [-0.39, 0.29) is 12.0 Å². The van der Waals surface area contributed by atoms with Crippen molar-refractivity contribution in [2.45, 2.75) is 13.0 Å². The van der Waals surface area contributed by atoms with E-state index in [1.54, 1.807) is 38.3 Å². The third-order valence-corrected chi connectivity index (χ3v) is 3.17. The minimum Gasteiger partial charge on any atom is -0.496 e. The molecule has 5 heteroatoms. The Morgan fingerprint density at radius 1 is 1.44 bits per heavy atom. The second-order valence-corrected chi connectivity index (χ2v) is 4.99. The summed E-state index contributed by atoms with van der Waals surface area (Å²) in [6.45, 7) is 2.46. The molecule has 1 amide bonds. The Kier molecular flexibility index (Phi) is 5.62. The average Bonchev–Trinajstić information content (AvgIpc) is 2.37. The van der Waals surface area contributed by atoms with Crippen LogP contribution in [0.1, 0.15) is 17.3 Å². The number of nitrogens with zero attached hydrogens (tertiary/aromatic N) is 1. The molecule has 1 rings (SSSR count). The van der Waals surface area contributed by atoms with E-state index in [1.165, 1.54) is 0 Å². The van der Waals surface area contributed by atoms with Crippen LogP contribution in [0.4, 0.5) is 0 Å². The summed E-state index contributed by atoms with van der Waals surface area (Å²) in [5, 5.41) is 0. The van der Waals surface area contributed by atoms with Crippen LogP contribution in [-0.4, -0.2) is 44.7 Å². The first-order chi connectivity index (χ1) is 8.49. The van der Waals surface area contributed by atoms with Crippen molar-refractivity contribution in [1.82, 2.24) is 4.90 Å². The lowest BCUT2D eigenvalue weighted by Crippen LogP contribution is -2.34. The van der Waals surface area contributed by atoms with Crippen LogP contribution in [0.3, 0.4) is 0 Å². The minimum absolute atomic E-state index is 0.000364. The van der Waals surface area contributed by atoms with E-state index in [0.717, 1.165) is 4.47 Å².